The Morgan fingerprint density at radius 2 is 1.77 bits per heavy atom. The molecule has 1 atom stereocenters. The first-order chi connectivity index (χ1) is 10.7. The number of hydrogen-bond acceptors (Lipinski definition) is 5. The Hall–Kier alpha value is -1.89. The number of aromatic nitrogens is 1. The van der Waals surface area contributed by atoms with Gasteiger partial charge in [-0.3, -0.25) is 0 Å². The van der Waals surface area contributed by atoms with Gasteiger partial charge in [-0.05, 0) is 35.9 Å². The van der Waals surface area contributed by atoms with Crippen LogP contribution in [0, 0.1) is 0 Å². The van der Waals surface area contributed by atoms with E-state index in [1.54, 1.807) is 25.6 Å². The highest BCUT2D eigenvalue weighted by molar-refractivity contribution is 7.27. The van der Waals surface area contributed by atoms with Crippen LogP contribution < -0.4 is 14.1 Å². The molecule has 0 unspecified atom stereocenters. The average molecular weight is 331 g/mol. The molecule has 0 aliphatic heterocycles. The Balaban J connectivity index is 1.85. The summed E-state index contributed by atoms with van der Waals surface area (Å²) in [4.78, 5) is 15.2. The highest BCUT2D eigenvalue weighted by Crippen LogP contribution is 2.23. The fraction of sp³-hybridized carbons (Fsp3) is 0.188. The molecule has 1 N–H and O–H groups in total. The van der Waals surface area contributed by atoms with E-state index in [0.717, 1.165) is 31.9 Å². The van der Waals surface area contributed by atoms with E-state index >= 15 is 0 Å². The third-order valence-electron chi connectivity index (χ3n) is 3.44. The van der Waals surface area contributed by atoms with Crippen LogP contribution in [-0.2, 0) is 6.04 Å². The van der Waals surface area contributed by atoms with Crippen LogP contribution in [0.5, 0.6) is 11.5 Å². The standard InChI is InChI=1S/C16H17NO3SSi/c1-19-12-7-11(8-13(9-12)20-2)10-22(18)16-17-14-5-3-4-6-15(14)21-16/h3-9,18,22H,10H2,1-2H3/t22-/m0/s1. The van der Waals surface area contributed by atoms with Crippen molar-refractivity contribution >= 4 is 35.2 Å². The van der Waals surface area contributed by atoms with Gasteiger partial charge in [0.1, 0.15) is 16.1 Å². The van der Waals surface area contributed by atoms with Gasteiger partial charge in [0.05, 0.1) is 24.4 Å². The van der Waals surface area contributed by atoms with Crippen LogP contribution in [0.1, 0.15) is 5.56 Å². The number of nitrogens with zero attached hydrogens (tertiary/aromatic N) is 1. The molecule has 6 heteroatoms. The van der Waals surface area contributed by atoms with Gasteiger partial charge in [0.25, 0.3) is 0 Å². The molecular formula is C16H17NO3SSi. The quantitative estimate of drug-likeness (QED) is 0.727. The first kappa shape index (κ1) is 15.0. The lowest BCUT2D eigenvalue weighted by atomic mass is 10.2. The zero-order chi connectivity index (χ0) is 15.5. The van der Waals surface area contributed by atoms with Gasteiger partial charge in [0.2, 0.25) is 9.04 Å². The molecule has 0 bridgehead atoms. The van der Waals surface area contributed by atoms with Gasteiger partial charge in [-0.2, -0.15) is 0 Å². The third kappa shape index (κ3) is 3.14. The molecule has 0 radical (unpaired) electrons. The Morgan fingerprint density at radius 1 is 1.09 bits per heavy atom. The molecular weight excluding hydrogens is 314 g/mol. The topological polar surface area (TPSA) is 51.6 Å². The number of hydrogen-bond donors (Lipinski definition) is 1. The molecule has 1 heterocycles. The zero-order valence-electron chi connectivity index (χ0n) is 12.4. The van der Waals surface area contributed by atoms with Gasteiger partial charge >= 0.3 is 0 Å². The van der Waals surface area contributed by atoms with Gasteiger partial charge in [0.15, 0.2) is 0 Å². The predicted molar refractivity (Wildman–Crippen MR) is 91.9 cm³/mol. The number of benzene rings is 2. The van der Waals surface area contributed by atoms with Crippen LogP contribution in [0.2, 0.25) is 0 Å². The van der Waals surface area contributed by atoms with Crippen LogP contribution in [0.25, 0.3) is 10.2 Å². The van der Waals surface area contributed by atoms with E-state index in [1.165, 1.54) is 0 Å². The minimum atomic E-state index is -2.13. The smallest absolute Gasteiger partial charge is 0.240 e. The molecule has 4 nitrogen and oxygen atoms in total. The second-order valence-electron chi connectivity index (χ2n) is 4.96. The van der Waals surface area contributed by atoms with Gasteiger partial charge < -0.3 is 14.3 Å². The molecule has 0 saturated carbocycles. The van der Waals surface area contributed by atoms with Crippen molar-refractivity contribution < 1.29 is 14.3 Å². The zero-order valence-corrected chi connectivity index (χ0v) is 14.4. The first-order valence-corrected chi connectivity index (χ1v) is 9.68. The Morgan fingerprint density at radius 3 is 2.41 bits per heavy atom. The number of fused-ring (bicyclic) bond motifs is 1. The van der Waals surface area contributed by atoms with Crippen molar-refractivity contribution in [3.8, 4) is 11.5 Å². The largest absolute Gasteiger partial charge is 0.497 e. The summed E-state index contributed by atoms with van der Waals surface area (Å²) in [5.74, 6) is 1.47. The van der Waals surface area contributed by atoms with Crippen LogP contribution >= 0.6 is 11.3 Å². The monoisotopic (exact) mass is 331 g/mol. The Bertz CT molecular complexity index is 735. The van der Waals surface area contributed by atoms with Crippen LogP contribution in [-0.4, -0.2) is 33.0 Å². The predicted octanol–water partition coefficient (Wildman–Crippen LogP) is 2.02. The maximum absolute atomic E-state index is 10.6. The van der Waals surface area contributed by atoms with Crippen molar-refractivity contribution in [2.75, 3.05) is 14.2 Å². The molecule has 0 aliphatic carbocycles. The van der Waals surface area contributed by atoms with E-state index in [2.05, 4.69) is 4.98 Å². The SMILES string of the molecule is COc1cc(C[Si@H](O)c2nc3ccccc3s2)cc(OC)c1. The fourth-order valence-corrected chi connectivity index (χ4v) is 5.38. The number of rotatable bonds is 5. The highest BCUT2D eigenvalue weighted by Gasteiger charge is 2.17. The van der Waals surface area contributed by atoms with Gasteiger partial charge in [0, 0.05) is 6.07 Å². The van der Waals surface area contributed by atoms with Gasteiger partial charge in [-0.1, -0.05) is 12.1 Å². The van der Waals surface area contributed by atoms with E-state index in [-0.39, 0.29) is 0 Å². The number of ether oxygens (including phenoxy) is 2. The maximum Gasteiger partial charge on any atom is 0.240 e. The van der Waals surface area contributed by atoms with Crippen molar-refractivity contribution in [1.29, 1.82) is 0 Å². The molecule has 0 amide bonds. The minimum absolute atomic E-state index is 0.605. The van der Waals surface area contributed by atoms with Crippen LogP contribution in [0.4, 0.5) is 0 Å². The average Bonchev–Trinajstić information content (AvgIpc) is 2.98. The molecule has 0 saturated heterocycles. The summed E-state index contributed by atoms with van der Waals surface area (Å²) in [6, 6.07) is 14.3. The summed E-state index contributed by atoms with van der Waals surface area (Å²) in [7, 11) is 1.12. The Labute approximate surface area is 134 Å². The highest BCUT2D eigenvalue weighted by atomic mass is 32.1. The van der Waals surface area contributed by atoms with E-state index in [0.29, 0.717) is 6.04 Å². The summed E-state index contributed by atoms with van der Waals surface area (Å²) >= 11 is 1.58. The number of methoxy groups -OCH3 is 2. The molecule has 2 aromatic carbocycles. The fourth-order valence-electron chi connectivity index (χ4n) is 2.33. The van der Waals surface area contributed by atoms with Crippen molar-refractivity contribution in [2.24, 2.45) is 0 Å². The van der Waals surface area contributed by atoms with Gasteiger partial charge in [-0.25, -0.2) is 4.98 Å². The van der Waals surface area contributed by atoms with E-state index in [4.69, 9.17) is 9.47 Å². The minimum Gasteiger partial charge on any atom is -0.497 e. The molecule has 0 aliphatic rings. The maximum atomic E-state index is 10.6. The first-order valence-electron chi connectivity index (χ1n) is 6.95. The summed E-state index contributed by atoms with van der Waals surface area (Å²) in [6.07, 6.45) is 0. The summed E-state index contributed by atoms with van der Waals surface area (Å²) in [5, 5.41) is 0. The van der Waals surface area contributed by atoms with Gasteiger partial charge in [-0.15, -0.1) is 11.3 Å². The molecule has 114 valence electrons. The van der Waals surface area contributed by atoms with E-state index in [9.17, 15) is 4.80 Å². The van der Waals surface area contributed by atoms with E-state index in [1.807, 2.05) is 42.5 Å². The summed E-state index contributed by atoms with van der Waals surface area (Å²) in [6.45, 7) is 0. The number of thiazole rings is 1. The molecule has 1 aromatic heterocycles. The van der Waals surface area contributed by atoms with Crippen molar-refractivity contribution in [1.82, 2.24) is 4.98 Å². The molecule has 22 heavy (non-hydrogen) atoms. The number of para-hydroxylation sites is 1. The molecule has 3 aromatic rings. The van der Waals surface area contributed by atoms with Crippen LogP contribution in [0.15, 0.2) is 42.5 Å². The van der Waals surface area contributed by atoms with Crippen LogP contribution in [0.3, 0.4) is 0 Å². The van der Waals surface area contributed by atoms with Crippen molar-refractivity contribution in [2.45, 2.75) is 6.04 Å². The molecule has 3 rings (SSSR count). The Kier molecular flexibility index (Phi) is 4.42. The summed E-state index contributed by atoms with van der Waals surface area (Å²) < 4.78 is 12.5. The normalized spacial score (nSPS) is 12.3. The van der Waals surface area contributed by atoms with E-state index < -0.39 is 9.04 Å². The summed E-state index contributed by atoms with van der Waals surface area (Å²) in [5.41, 5.74) is 1.96. The lowest BCUT2D eigenvalue weighted by Crippen LogP contribution is -2.32. The van der Waals surface area contributed by atoms with Crippen molar-refractivity contribution in [3.63, 3.8) is 0 Å². The molecule has 0 fully saturated rings. The second-order valence-corrected chi connectivity index (χ2v) is 8.43. The third-order valence-corrected chi connectivity index (χ3v) is 7.03. The lowest BCUT2D eigenvalue weighted by Gasteiger charge is -2.10. The second kappa shape index (κ2) is 6.47. The van der Waals surface area contributed by atoms with Crippen molar-refractivity contribution in [3.05, 3.63) is 48.0 Å². The lowest BCUT2D eigenvalue weighted by molar-refractivity contribution is 0.393. The molecule has 0 spiro atoms.